The van der Waals surface area contributed by atoms with E-state index in [1.54, 1.807) is 0 Å². The highest BCUT2D eigenvalue weighted by atomic mass is 16.5. The molecule has 3 heteroatoms. The van der Waals surface area contributed by atoms with Crippen LogP contribution < -0.4 is 10.1 Å². The number of hydrogen-bond acceptors (Lipinski definition) is 3. The highest BCUT2D eigenvalue weighted by molar-refractivity contribution is 5.27. The monoisotopic (exact) mass is 324 g/mol. The van der Waals surface area contributed by atoms with Crippen LogP contribution in [-0.2, 0) is 13.0 Å². The number of aryl methyl sites for hydroxylation is 1. The van der Waals surface area contributed by atoms with Crippen molar-refractivity contribution in [2.45, 2.75) is 25.9 Å². The van der Waals surface area contributed by atoms with E-state index in [9.17, 15) is 0 Å². The summed E-state index contributed by atoms with van der Waals surface area (Å²) in [6.07, 6.45) is 3.70. The Morgan fingerprint density at radius 2 is 1.58 bits per heavy atom. The largest absolute Gasteiger partial charge is 0.489 e. The van der Waals surface area contributed by atoms with Crippen molar-refractivity contribution in [3.63, 3.8) is 0 Å². The minimum absolute atomic E-state index is 0.630. The van der Waals surface area contributed by atoms with E-state index in [1.807, 2.05) is 18.2 Å². The van der Waals surface area contributed by atoms with Crippen LogP contribution in [0, 0.1) is 0 Å². The lowest BCUT2D eigenvalue weighted by molar-refractivity contribution is 0.237. The second-order valence-electron chi connectivity index (χ2n) is 6.47. The molecule has 2 aromatic carbocycles. The number of unbranched alkanes of at least 4 members (excludes halogenated alkanes) is 1. The third kappa shape index (κ3) is 5.66. The highest BCUT2D eigenvalue weighted by Crippen LogP contribution is 2.15. The van der Waals surface area contributed by atoms with E-state index in [0.717, 1.165) is 25.3 Å². The van der Waals surface area contributed by atoms with E-state index in [-0.39, 0.29) is 0 Å². The van der Waals surface area contributed by atoms with Gasteiger partial charge in [0.05, 0.1) is 0 Å². The lowest BCUT2D eigenvalue weighted by atomic mass is 10.1. The molecule has 1 aliphatic heterocycles. The molecule has 1 N–H and O–H groups in total. The summed E-state index contributed by atoms with van der Waals surface area (Å²) >= 11 is 0. The average molecular weight is 324 g/mol. The number of hydrogen-bond donors (Lipinski definition) is 1. The van der Waals surface area contributed by atoms with Gasteiger partial charge in [0.2, 0.25) is 0 Å². The smallest absolute Gasteiger partial charge is 0.119 e. The van der Waals surface area contributed by atoms with Gasteiger partial charge >= 0.3 is 0 Å². The third-order valence-corrected chi connectivity index (χ3v) is 4.57. The van der Waals surface area contributed by atoms with Crippen LogP contribution in [0.4, 0.5) is 0 Å². The summed E-state index contributed by atoms with van der Waals surface area (Å²) in [7, 11) is 0. The summed E-state index contributed by atoms with van der Waals surface area (Å²) in [4.78, 5) is 2.57. The fourth-order valence-electron chi connectivity index (χ4n) is 3.09. The van der Waals surface area contributed by atoms with Gasteiger partial charge in [-0.2, -0.15) is 0 Å². The predicted octanol–water partition coefficient (Wildman–Crippen LogP) is 3.49. The number of nitrogens with one attached hydrogen (secondary N) is 1. The van der Waals surface area contributed by atoms with Crippen molar-refractivity contribution in [2.75, 3.05) is 32.7 Å². The van der Waals surface area contributed by atoms with Crippen molar-refractivity contribution in [2.24, 2.45) is 0 Å². The SMILES string of the molecule is c1ccc(COc2ccc(CCCCN3CCNCC3)cc2)cc1. The molecule has 24 heavy (non-hydrogen) atoms. The molecule has 0 saturated carbocycles. The number of rotatable bonds is 8. The van der Waals surface area contributed by atoms with Gasteiger partial charge in [-0.05, 0) is 49.1 Å². The van der Waals surface area contributed by atoms with Gasteiger partial charge in [-0.1, -0.05) is 42.5 Å². The summed E-state index contributed by atoms with van der Waals surface area (Å²) in [6.45, 7) is 6.56. The molecular formula is C21H28N2O. The zero-order chi connectivity index (χ0) is 16.5. The molecule has 0 aromatic heterocycles. The molecule has 0 unspecified atom stereocenters. The number of nitrogens with zero attached hydrogens (tertiary/aromatic N) is 1. The molecule has 0 amide bonds. The van der Waals surface area contributed by atoms with Gasteiger partial charge in [0, 0.05) is 26.2 Å². The summed E-state index contributed by atoms with van der Waals surface area (Å²) in [5.74, 6) is 0.948. The molecule has 3 rings (SSSR count). The van der Waals surface area contributed by atoms with E-state index < -0.39 is 0 Å². The molecule has 1 saturated heterocycles. The maximum Gasteiger partial charge on any atom is 0.119 e. The van der Waals surface area contributed by atoms with E-state index in [0.29, 0.717) is 6.61 Å². The highest BCUT2D eigenvalue weighted by Gasteiger charge is 2.08. The summed E-state index contributed by atoms with van der Waals surface area (Å²) in [6, 6.07) is 18.9. The maximum absolute atomic E-state index is 5.84. The Balaban J connectivity index is 1.35. The van der Waals surface area contributed by atoms with Gasteiger partial charge in [-0.3, -0.25) is 0 Å². The molecule has 128 valence electrons. The number of ether oxygens (including phenoxy) is 1. The third-order valence-electron chi connectivity index (χ3n) is 4.57. The van der Waals surface area contributed by atoms with Crippen LogP contribution in [0.2, 0.25) is 0 Å². The Morgan fingerprint density at radius 3 is 2.33 bits per heavy atom. The molecule has 0 radical (unpaired) electrons. The maximum atomic E-state index is 5.84. The van der Waals surface area contributed by atoms with Crippen molar-refractivity contribution in [1.29, 1.82) is 0 Å². The first kappa shape index (κ1) is 17.0. The molecule has 1 aliphatic rings. The fourth-order valence-corrected chi connectivity index (χ4v) is 3.09. The van der Waals surface area contributed by atoms with Crippen LogP contribution in [-0.4, -0.2) is 37.6 Å². The van der Waals surface area contributed by atoms with Gasteiger partial charge < -0.3 is 15.0 Å². The zero-order valence-electron chi connectivity index (χ0n) is 14.4. The zero-order valence-corrected chi connectivity index (χ0v) is 14.4. The van der Waals surface area contributed by atoms with Crippen molar-refractivity contribution >= 4 is 0 Å². The van der Waals surface area contributed by atoms with Crippen LogP contribution in [0.3, 0.4) is 0 Å². The van der Waals surface area contributed by atoms with Crippen LogP contribution >= 0.6 is 0 Å². The first-order chi connectivity index (χ1) is 11.9. The van der Waals surface area contributed by atoms with Gasteiger partial charge in [0.15, 0.2) is 0 Å². The van der Waals surface area contributed by atoms with Crippen molar-refractivity contribution in [1.82, 2.24) is 10.2 Å². The molecule has 0 atom stereocenters. The molecule has 3 nitrogen and oxygen atoms in total. The normalized spacial score (nSPS) is 15.3. The second kappa shape index (κ2) is 9.45. The van der Waals surface area contributed by atoms with E-state index >= 15 is 0 Å². The first-order valence-corrected chi connectivity index (χ1v) is 9.09. The van der Waals surface area contributed by atoms with Crippen molar-refractivity contribution < 1.29 is 4.74 Å². The Morgan fingerprint density at radius 1 is 0.833 bits per heavy atom. The minimum atomic E-state index is 0.630. The van der Waals surface area contributed by atoms with E-state index in [2.05, 4.69) is 46.6 Å². The lowest BCUT2D eigenvalue weighted by Gasteiger charge is -2.27. The summed E-state index contributed by atoms with van der Waals surface area (Å²) in [5, 5.41) is 3.40. The molecular weight excluding hydrogens is 296 g/mol. The van der Waals surface area contributed by atoms with Gasteiger partial charge in [-0.15, -0.1) is 0 Å². The van der Waals surface area contributed by atoms with E-state index in [4.69, 9.17) is 4.74 Å². The molecule has 0 spiro atoms. The van der Waals surface area contributed by atoms with Crippen LogP contribution in [0.1, 0.15) is 24.0 Å². The second-order valence-corrected chi connectivity index (χ2v) is 6.47. The molecule has 1 heterocycles. The standard InChI is InChI=1S/C21H28N2O/c1-2-7-20(8-3-1)18-24-21-11-9-19(10-12-21)6-4-5-15-23-16-13-22-14-17-23/h1-3,7-12,22H,4-6,13-18H2. The summed E-state index contributed by atoms with van der Waals surface area (Å²) in [5.41, 5.74) is 2.61. The quantitative estimate of drug-likeness (QED) is 0.752. The van der Waals surface area contributed by atoms with Crippen molar-refractivity contribution in [3.05, 3.63) is 65.7 Å². The number of benzene rings is 2. The van der Waals surface area contributed by atoms with Gasteiger partial charge in [0.1, 0.15) is 12.4 Å². The molecule has 2 aromatic rings. The molecule has 0 bridgehead atoms. The Labute approximate surface area is 145 Å². The van der Waals surface area contributed by atoms with Gasteiger partial charge in [0.25, 0.3) is 0 Å². The topological polar surface area (TPSA) is 24.5 Å². The number of piperazine rings is 1. The van der Waals surface area contributed by atoms with Crippen molar-refractivity contribution in [3.8, 4) is 5.75 Å². The fraction of sp³-hybridized carbons (Fsp3) is 0.429. The Bertz CT molecular complexity index is 577. The summed E-state index contributed by atoms with van der Waals surface area (Å²) < 4.78 is 5.84. The van der Waals surface area contributed by atoms with E-state index in [1.165, 1.54) is 43.6 Å². The van der Waals surface area contributed by atoms with Crippen LogP contribution in [0.5, 0.6) is 5.75 Å². The average Bonchev–Trinajstić information content (AvgIpc) is 2.66. The van der Waals surface area contributed by atoms with Crippen LogP contribution in [0.15, 0.2) is 54.6 Å². The van der Waals surface area contributed by atoms with Crippen LogP contribution in [0.25, 0.3) is 0 Å². The van der Waals surface area contributed by atoms with Gasteiger partial charge in [-0.25, -0.2) is 0 Å². The molecule has 0 aliphatic carbocycles. The first-order valence-electron chi connectivity index (χ1n) is 9.09. The Kier molecular flexibility index (Phi) is 6.70. The molecule has 1 fully saturated rings. The Hall–Kier alpha value is -1.84. The lowest BCUT2D eigenvalue weighted by Crippen LogP contribution is -2.43. The predicted molar refractivity (Wildman–Crippen MR) is 99.5 cm³/mol. The minimum Gasteiger partial charge on any atom is -0.489 e.